The van der Waals surface area contributed by atoms with E-state index in [1.807, 2.05) is 0 Å². The number of nitrogens with one attached hydrogen (secondary N) is 1. The monoisotopic (exact) mass is 258 g/mol. The second-order valence-electron chi connectivity index (χ2n) is 6.09. The van der Waals surface area contributed by atoms with Crippen LogP contribution in [0, 0.1) is 5.41 Å². The SMILES string of the molecule is NCC1(CC(=O)NC2CCc3ccccc32)CCC1. The summed E-state index contributed by atoms with van der Waals surface area (Å²) in [5.74, 6) is 0.173. The van der Waals surface area contributed by atoms with Gasteiger partial charge in [0.2, 0.25) is 5.91 Å². The van der Waals surface area contributed by atoms with Crippen molar-refractivity contribution in [3.63, 3.8) is 0 Å². The summed E-state index contributed by atoms with van der Waals surface area (Å²) in [4.78, 5) is 12.2. The van der Waals surface area contributed by atoms with Crippen LogP contribution in [0.25, 0.3) is 0 Å². The molecule has 0 spiro atoms. The van der Waals surface area contributed by atoms with E-state index >= 15 is 0 Å². The number of carbonyl (C=O) groups is 1. The predicted octanol–water partition coefficient (Wildman–Crippen LogP) is 2.31. The van der Waals surface area contributed by atoms with E-state index in [4.69, 9.17) is 5.73 Å². The molecule has 3 nitrogen and oxygen atoms in total. The molecule has 102 valence electrons. The molecule has 3 rings (SSSR count). The van der Waals surface area contributed by atoms with Gasteiger partial charge in [0, 0.05) is 6.42 Å². The van der Waals surface area contributed by atoms with Crippen molar-refractivity contribution in [2.45, 2.75) is 44.6 Å². The normalized spacial score (nSPS) is 23.5. The van der Waals surface area contributed by atoms with Gasteiger partial charge in [-0.25, -0.2) is 0 Å². The van der Waals surface area contributed by atoms with Crippen LogP contribution >= 0.6 is 0 Å². The first kappa shape index (κ1) is 12.7. The molecule has 1 unspecified atom stereocenters. The second-order valence-corrected chi connectivity index (χ2v) is 6.09. The second kappa shape index (κ2) is 4.97. The van der Waals surface area contributed by atoms with Gasteiger partial charge < -0.3 is 11.1 Å². The van der Waals surface area contributed by atoms with Crippen LogP contribution in [0.2, 0.25) is 0 Å². The van der Waals surface area contributed by atoms with Crippen LogP contribution in [0.15, 0.2) is 24.3 Å². The van der Waals surface area contributed by atoms with Crippen molar-refractivity contribution in [1.29, 1.82) is 0 Å². The molecule has 0 bridgehead atoms. The molecule has 1 fully saturated rings. The first-order valence-corrected chi connectivity index (χ1v) is 7.30. The number of fused-ring (bicyclic) bond motifs is 1. The lowest BCUT2D eigenvalue weighted by Gasteiger charge is -2.40. The first-order chi connectivity index (χ1) is 9.22. The van der Waals surface area contributed by atoms with Crippen LogP contribution in [0.5, 0.6) is 0 Å². The fourth-order valence-corrected chi connectivity index (χ4v) is 3.42. The molecule has 1 aromatic rings. The van der Waals surface area contributed by atoms with Crippen molar-refractivity contribution >= 4 is 5.91 Å². The van der Waals surface area contributed by atoms with Gasteiger partial charge in [-0.1, -0.05) is 30.7 Å². The average Bonchev–Trinajstić information content (AvgIpc) is 2.78. The Morgan fingerprint density at radius 3 is 2.84 bits per heavy atom. The summed E-state index contributed by atoms with van der Waals surface area (Å²) in [5.41, 5.74) is 8.60. The summed E-state index contributed by atoms with van der Waals surface area (Å²) in [6, 6.07) is 8.63. The van der Waals surface area contributed by atoms with Crippen molar-refractivity contribution in [3.8, 4) is 0 Å². The third-order valence-electron chi connectivity index (χ3n) is 4.85. The maximum atomic E-state index is 12.2. The highest BCUT2D eigenvalue weighted by atomic mass is 16.1. The molecule has 1 atom stereocenters. The maximum Gasteiger partial charge on any atom is 0.221 e. The smallest absolute Gasteiger partial charge is 0.221 e. The molecule has 0 saturated heterocycles. The predicted molar refractivity (Wildman–Crippen MR) is 75.6 cm³/mol. The van der Waals surface area contributed by atoms with Gasteiger partial charge in [0.05, 0.1) is 6.04 Å². The number of aryl methyl sites for hydroxylation is 1. The lowest BCUT2D eigenvalue weighted by Crippen LogP contribution is -2.42. The Hall–Kier alpha value is -1.35. The Bertz CT molecular complexity index is 474. The molecule has 0 heterocycles. The highest BCUT2D eigenvalue weighted by Crippen LogP contribution is 2.43. The standard InChI is InChI=1S/C16H22N2O/c17-11-16(8-3-9-16)10-15(19)18-14-7-6-12-4-1-2-5-13(12)14/h1-2,4-5,14H,3,6-11,17H2,(H,18,19). The highest BCUT2D eigenvalue weighted by molar-refractivity contribution is 5.77. The summed E-state index contributed by atoms with van der Waals surface area (Å²) in [5, 5.41) is 3.20. The topological polar surface area (TPSA) is 55.1 Å². The van der Waals surface area contributed by atoms with Gasteiger partial charge in [0.15, 0.2) is 0 Å². The van der Waals surface area contributed by atoms with Gasteiger partial charge in [-0.3, -0.25) is 4.79 Å². The van der Waals surface area contributed by atoms with Gasteiger partial charge in [0.1, 0.15) is 0 Å². The third-order valence-corrected chi connectivity index (χ3v) is 4.85. The van der Waals surface area contributed by atoms with Crippen molar-refractivity contribution in [1.82, 2.24) is 5.32 Å². The minimum Gasteiger partial charge on any atom is -0.349 e. The summed E-state index contributed by atoms with van der Waals surface area (Å²) in [7, 11) is 0. The summed E-state index contributed by atoms with van der Waals surface area (Å²) < 4.78 is 0. The van der Waals surface area contributed by atoms with Gasteiger partial charge in [-0.15, -0.1) is 0 Å². The van der Waals surface area contributed by atoms with E-state index in [1.54, 1.807) is 0 Å². The Labute approximate surface area is 114 Å². The van der Waals surface area contributed by atoms with Crippen LogP contribution in [-0.2, 0) is 11.2 Å². The number of benzene rings is 1. The van der Waals surface area contributed by atoms with Crippen molar-refractivity contribution in [2.75, 3.05) is 6.54 Å². The maximum absolute atomic E-state index is 12.2. The molecule has 1 aromatic carbocycles. The minimum atomic E-state index is 0.0994. The molecule has 0 radical (unpaired) electrons. The number of rotatable bonds is 4. The Morgan fingerprint density at radius 2 is 2.16 bits per heavy atom. The third kappa shape index (κ3) is 2.39. The Morgan fingerprint density at radius 1 is 1.37 bits per heavy atom. The molecule has 2 aliphatic rings. The van der Waals surface area contributed by atoms with Gasteiger partial charge in [0.25, 0.3) is 0 Å². The van der Waals surface area contributed by atoms with Gasteiger partial charge >= 0.3 is 0 Å². The molecular formula is C16H22N2O. The molecule has 19 heavy (non-hydrogen) atoms. The van der Waals surface area contributed by atoms with E-state index < -0.39 is 0 Å². The Kier molecular flexibility index (Phi) is 3.31. The van der Waals surface area contributed by atoms with E-state index in [1.165, 1.54) is 17.5 Å². The molecule has 2 aliphatic carbocycles. The van der Waals surface area contributed by atoms with Crippen LogP contribution in [0.1, 0.15) is 49.3 Å². The van der Waals surface area contributed by atoms with Crippen molar-refractivity contribution in [2.24, 2.45) is 11.1 Å². The average molecular weight is 258 g/mol. The molecule has 1 amide bonds. The molecule has 3 heteroatoms. The largest absolute Gasteiger partial charge is 0.349 e. The number of amides is 1. The molecule has 0 aliphatic heterocycles. The molecular weight excluding hydrogens is 236 g/mol. The van der Waals surface area contributed by atoms with E-state index in [2.05, 4.69) is 29.6 Å². The zero-order valence-electron chi connectivity index (χ0n) is 11.3. The van der Waals surface area contributed by atoms with Crippen LogP contribution in [0.3, 0.4) is 0 Å². The summed E-state index contributed by atoms with van der Waals surface area (Å²) in [6.07, 6.45) is 6.14. The minimum absolute atomic E-state index is 0.0994. The van der Waals surface area contributed by atoms with Crippen molar-refractivity contribution < 1.29 is 4.79 Å². The van der Waals surface area contributed by atoms with E-state index in [-0.39, 0.29) is 17.4 Å². The number of carbonyl (C=O) groups excluding carboxylic acids is 1. The van der Waals surface area contributed by atoms with Crippen LogP contribution in [0.4, 0.5) is 0 Å². The fraction of sp³-hybridized carbons (Fsp3) is 0.562. The zero-order chi connectivity index (χ0) is 13.3. The molecule has 1 saturated carbocycles. The number of hydrogen-bond acceptors (Lipinski definition) is 2. The van der Waals surface area contributed by atoms with E-state index in [0.29, 0.717) is 13.0 Å². The Balaban J connectivity index is 1.62. The van der Waals surface area contributed by atoms with Crippen LogP contribution < -0.4 is 11.1 Å². The van der Waals surface area contributed by atoms with Crippen LogP contribution in [-0.4, -0.2) is 12.5 Å². The lowest BCUT2D eigenvalue weighted by molar-refractivity contribution is -0.125. The molecule has 0 aromatic heterocycles. The van der Waals surface area contributed by atoms with E-state index in [0.717, 1.165) is 25.7 Å². The van der Waals surface area contributed by atoms with Crippen molar-refractivity contribution in [3.05, 3.63) is 35.4 Å². The van der Waals surface area contributed by atoms with Gasteiger partial charge in [-0.2, -0.15) is 0 Å². The fourth-order valence-electron chi connectivity index (χ4n) is 3.42. The summed E-state index contributed by atoms with van der Waals surface area (Å²) >= 11 is 0. The summed E-state index contributed by atoms with van der Waals surface area (Å²) in [6.45, 7) is 0.641. The quantitative estimate of drug-likeness (QED) is 0.870. The first-order valence-electron chi connectivity index (χ1n) is 7.30. The van der Waals surface area contributed by atoms with Gasteiger partial charge in [-0.05, 0) is 48.8 Å². The van der Waals surface area contributed by atoms with E-state index in [9.17, 15) is 4.79 Å². The molecule has 3 N–H and O–H groups in total. The highest BCUT2D eigenvalue weighted by Gasteiger charge is 2.38. The number of nitrogens with two attached hydrogens (primary N) is 1. The number of hydrogen-bond donors (Lipinski definition) is 2. The lowest BCUT2D eigenvalue weighted by atomic mass is 9.66. The zero-order valence-corrected chi connectivity index (χ0v) is 11.3.